The zero-order valence-corrected chi connectivity index (χ0v) is 16.3. The van der Waals surface area contributed by atoms with E-state index in [1.165, 1.54) is 37.0 Å². The predicted octanol–water partition coefficient (Wildman–Crippen LogP) is 4.81. The van der Waals surface area contributed by atoms with Crippen molar-refractivity contribution in [3.63, 3.8) is 0 Å². The summed E-state index contributed by atoms with van der Waals surface area (Å²) in [7, 11) is 1.61. The molecule has 1 aromatic carbocycles. The number of halogens is 1. The van der Waals surface area contributed by atoms with Crippen LogP contribution in [0.3, 0.4) is 0 Å². The number of ether oxygens (including phenoxy) is 1. The molecule has 0 saturated carbocycles. The first-order valence-electron chi connectivity index (χ1n) is 8.72. The minimum absolute atomic E-state index is 0.0311. The molecule has 1 rings (SSSR count). The molecule has 0 atom stereocenters. The molecule has 0 radical (unpaired) electrons. The van der Waals surface area contributed by atoms with Crippen LogP contribution in [0.25, 0.3) is 0 Å². The number of hydrogen-bond donors (Lipinski definition) is 0. The third kappa shape index (κ3) is 7.95. The number of rotatable bonds is 11. The van der Waals surface area contributed by atoms with Gasteiger partial charge in [0.05, 0.1) is 12.2 Å². The van der Waals surface area contributed by atoms with Gasteiger partial charge in [-0.15, -0.1) is 0 Å². The molecule has 5 heteroatoms. The second-order valence-corrected chi connectivity index (χ2v) is 6.84. The number of carbonyl (C=O) groups is 2. The number of unbranched alkanes of at least 4 members (excludes halogenated alkanes) is 6. The summed E-state index contributed by atoms with van der Waals surface area (Å²) >= 11 is 3.35. The average Bonchev–Trinajstić information content (AvgIpc) is 2.57. The van der Waals surface area contributed by atoms with Gasteiger partial charge >= 0.3 is 5.97 Å². The molecule has 0 aliphatic rings. The molecule has 24 heavy (non-hydrogen) atoms. The molecule has 0 spiro atoms. The van der Waals surface area contributed by atoms with Crippen molar-refractivity contribution >= 4 is 27.8 Å². The van der Waals surface area contributed by atoms with Crippen LogP contribution in [0.4, 0.5) is 0 Å². The molecule has 4 nitrogen and oxygen atoms in total. The number of carbonyl (C=O) groups excluding carboxylic acids is 2. The number of hydrogen-bond acceptors (Lipinski definition) is 3. The predicted molar refractivity (Wildman–Crippen MR) is 100 cm³/mol. The molecule has 0 unspecified atom stereocenters. The highest BCUT2D eigenvalue weighted by Crippen LogP contribution is 2.17. The van der Waals surface area contributed by atoms with Gasteiger partial charge < -0.3 is 9.64 Å². The van der Waals surface area contributed by atoms with Crippen molar-refractivity contribution in [2.24, 2.45) is 0 Å². The fourth-order valence-electron chi connectivity index (χ4n) is 2.40. The minimum atomic E-state index is -0.358. The molecule has 0 heterocycles. The van der Waals surface area contributed by atoms with Gasteiger partial charge in [0.25, 0.3) is 5.91 Å². The molecule has 0 saturated heterocycles. The van der Waals surface area contributed by atoms with Crippen LogP contribution in [0.5, 0.6) is 0 Å². The van der Waals surface area contributed by atoms with Gasteiger partial charge in [0.15, 0.2) is 0 Å². The lowest BCUT2D eigenvalue weighted by Crippen LogP contribution is -2.33. The number of amides is 1. The van der Waals surface area contributed by atoms with Gasteiger partial charge in [0.1, 0.15) is 6.54 Å². The van der Waals surface area contributed by atoms with Gasteiger partial charge in [-0.1, -0.05) is 57.6 Å². The van der Waals surface area contributed by atoms with Crippen LogP contribution in [0.1, 0.15) is 62.2 Å². The Balaban J connectivity index is 2.20. The van der Waals surface area contributed by atoms with E-state index < -0.39 is 0 Å². The van der Waals surface area contributed by atoms with E-state index >= 15 is 0 Å². The normalized spacial score (nSPS) is 10.5. The Bertz CT molecular complexity index is 519. The lowest BCUT2D eigenvalue weighted by Gasteiger charge is -2.17. The van der Waals surface area contributed by atoms with Gasteiger partial charge in [-0.05, 0) is 34.5 Å². The number of benzene rings is 1. The standard InChI is InChI=1S/C19H28BrNO3/c1-3-4-5-6-7-8-11-14-24-18(22)15-21(2)19(23)16-12-9-10-13-17(16)20/h9-10,12-13H,3-8,11,14-15H2,1-2H3. The van der Waals surface area contributed by atoms with E-state index in [2.05, 4.69) is 22.9 Å². The quantitative estimate of drug-likeness (QED) is 0.397. The van der Waals surface area contributed by atoms with Crippen LogP contribution in [-0.4, -0.2) is 37.0 Å². The minimum Gasteiger partial charge on any atom is -0.464 e. The van der Waals surface area contributed by atoms with Crippen LogP contribution in [0.2, 0.25) is 0 Å². The summed E-state index contributed by atoms with van der Waals surface area (Å²) in [6, 6.07) is 7.18. The summed E-state index contributed by atoms with van der Waals surface area (Å²) in [5.74, 6) is -0.556. The molecule has 1 amide bonds. The Morgan fingerprint density at radius 3 is 2.33 bits per heavy atom. The maximum atomic E-state index is 12.3. The topological polar surface area (TPSA) is 46.6 Å². The number of esters is 1. The summed E-state index contributed by atoms with van der Waals surface area (Å²) < 4.78 is 5.93. The molecule has 1 aromatic rings. The SMILES string of the molecule is CCCCCCCCCOC(=O)CN(C)C(=O)c1ccccc1Br. The molecule has 0 aromatic heterocycles. The first kappa shape index (κ1) is 20.7. The van der Waals surface area contributed by atoms with Crippen molar-refractivity contribution in [1.82, 2.24) is 4.90 Å². The van der Waals surface area contributed by atoms with Crippen LogP contribution in [-0.2, 0) is 9.53 Å². The van der Waals surface area contributed by atoms with E-state index in [-0.39, 0.29) is 18.4 Å². The van der Waals surface area contributed by atoms with E-state index in [0.29, 0.717) is 12.2 Å². The third-order valence-electron chi connectivity index (χ3n) is 3.83. The fraction of sp³-hybridized carbons (Fsp3) is 0.579. The Labute approximate surface area is 153 Å². The van der Waals surface area contributed by atoms with Crippen LogP contribution < -0.4 is 0 Å². The molecular formula is C19H28BrNO3. The lowest BCUT2D eigenvalue weighted by atomic mass is 10.1. The van der Waals surface area contributed by atoms with E-state index in [0.717, 1.165) is 17.3 Å². The van der Waals surface area contributed by atoms with E-state index in [4.69, 9.17) is 4.74 Å². The van der Waals surface area contributed by atoms with Crippen molar-refractivity contribution in [1.29, 1.82) is 0 Å². The van der Waals surface area contributed by atoms with Gasteiger partial charge in [-0.2, -0.15) is 0 Å². The number of likely N-dealkylation sites (N-methyl/N-ethyl adjacent to an activating group) is 1. The second kappa shape index (κ2) is 12.1. The Hall–Kier alpha value is -1.36. The van der Waals surface area contributed by atoms with Crippen molar-refractivity contribution in [3.05, 3.63) is 34.3 Å². The van der Waals surface area contributed by atoms with Crippen LogP contribution in [0.15, 0.2) is 28.7 Å². The molecule has 0 N–H and O–H groups in total. The maximum absolute atomic E-state index is 12.3. The molecule has 0 bridgehead atoms. The smallest absolute Gasteiger partial charge is 0.325 e. The van der Waals surface area contributed by atoms with Crippen molar-refractivity contribution in [3.8, 4) is 0 Å². The Morgan fingerprint density at radius 2 is 1.67 bits per heavy atom. The fourth-order valence-corrected chi connectivity index (χ4v) is 2.85. The summed E-state index contributed by atoms with van der Waals surface area (Å²) in [6.07, 6.45) is 8.26. The highest BCUT2D eigenvalue weighted by atomic mass is 79.9. The summed E-state index contributed by atoms with van der Waals surface area (Å²) in [5.41, 5.74) is 0.542. The Morgan fingerprint density at radius 1 is 1.04 bits per heavy atom. The summed E-state index contributed by atoms with van der Waals surface area (Å²) in [4.78, 5) is 25.5. The summed E-state index contributed by atoms with van der Waals surface area (Å²) in [5, 5.41) is 0. The van der Waals surface area contributed by atoms with E-state index in [9.17, 15) is 9.59 Å². The van der Waals surface area contributed by atoms with Crippen LogP contribution >= 0.6 is 15.9 Å². The Kier molecular flexibility index (Phi) is 10.4. The average molecular weight is 398 g/mol. The molecular weight excluding hydrogens is 370 g/mol. The van der Waals surface area contributed by atoms with Gasteiger partial charge in [-0.3, -0.25) is 9.59 Å². The highest BCUT2D eigenvalue weighted by Gasteiger charge is 2.17. The van der Waals surface area contributed by atoms with Crippen LogP contribution in [0, 0.1) is 0 Å². The number of nitrogens with zero attached hydrogens (tertiary/aromatic N) is 1. The van der Waals surface area contributed by atoms with Gasteiger partial charge in [0.2, 0.25) is 0 Å². The zero-order chi connectivity index (χ0) is 17.8. The third-order valence-corrected chi connectivity index (χ3v) is 4.52. The molecule has 0 aliphatic heterocycles. The zero-order valence-electron chi connectivity index (χ0n) is 14.7. The second-order valence-electron chi connectivity index (χ2n) is 5.98. The maximum Gasteiger partial charge on any atom is 0.325 e. The van der Waals surface area contributed by atoms with Gasteiger partial charge in [-0.25, -0.2) is 0 Å². The van der Waals surface area contributed by atoms with Gasteiger partial charge in [0, 0.05) is 11.5 Å². The van der Waals surface area contributed by atoms with Crippen molar-refractivity contribution < 1.29 is 14.3 Å². The van der Waals surface area contributed by atoms with E-state index in [1.54, 1.807) is 25.2 Å². The van der Waals surface area contributed by atoms with Crippen molar-refractivity contribution in [2.45, 2.75) is 51.9 Å². The summed E-state index contributed by atoms with van der Waals surface area (Å²) in [6.45, 7) is 2.61. The van der Waals surface area contributed by atoms with Crippen molar-refractivity contribution in [2.75, 3.05) is 20.2 Å². The molecule has 0 aliphatic carbocycles. The molecule has 0 fully saturated rings. The van der Waals surface area contributed by atoms with E-state index in [1.807, 2.05) is 6.07 Å². The lowest BCUT2D eigenvalue weighted by molar-refractivity contribution is -0.144. The highest BCUT2D eigenvalue weighted by molar-refractivity contribution is 9.10. The largest absolute Gasteiger partial charge is 0.464 e. The monoisotopic (exact) mass is 397 g/mol. The first-order valence-corrected chi connectivity index (χ1v) is 9.51. The molecule has 134 valence electrons. The first-order chi connectivity index (χ1) is 11.6.